The first kappa shape index (κ1) is 16.1. The Morgan fingerprint density at radius 1 is 1.20 bits per heavy atom. The van der Waals surface area contributed by atoms with E-state index in [1.165, 1.54) is 18.2 Å². The van der Waals surface area contributed by atoms with Gasteiger partial charge in [0.25, 0.3) is 0 Å². The molecule has 0 aliphatic carbocycles. The highest BCUT2D eigenvalue weighted by Crippen LogP contribution is 2.26. The molecule has 6 nitrogen and oxygen atoms in total. The van der Waals surface area contributed by atoms with Crippen molar-refractivity contribution in [1.82, 2.24) is 0 Å². The third-order valence-electron chi connectivity index (χ3n) is 3.03. The summed E-state index contributed by atoms with van der Waals surface area (Å²) in [5, 5.41) is 31.1. The van der Waals surface area contributed by atoms with Gasteiger partial charge in [0, 0.05) is 19.0 Å². The molecule has 0 bridgehead atoms. The zero-order chi connectivity index (χ0) is 15.0. The van der Waals surface area contributed by atoms with Crippen molar-refractivity contribution in [2.75, 3.05) is 11.6 Å². The minimum atomic E-state index is -0.461. The van der Waals surface area contributed by atoms with Crippen LogP contribution >= 0.6 is 0 Å². The number of carbonyl (C=O) groups is 1. The number of amides is 1. The number of anilines is 1. The van der Waals surface area contributed by atoms with Crippen molar-refractivity contribution in [2.45, 2.75) is 38.5 Å². The number of unbranched alkanes of at least 4 members (excludes halogenated alkanes) is 4. The minimum Gasteiger partial charge on any atom is -0.870 e. The van der Waals surface area contributed by atoms with Gasteiger partial charge >= 0.3 is 0 Å². The fourth-order valence-electron chi connectivity index (χ4n) is 1.89. The molecule has 1 aromatic carbocycles. The number of hydrogen-bond acceptors (Lipinski definition) is 5. The van der Waals surface area contributed by atoms with Crippen molar-refractivity contribution in [3.8, 4) is 11.5 Å². The monoisotopic (exact) mass is 281 g/mol. The number of nitrogens with two attached hydrogens (primary N) is 1. The second-order valence-electron chi connectivity index (χ2n) is 4.76. The molecule has 1 rings (SSSR count). The van der Waals surface area contributed by atoms with Crippen molar-refractivity contribution >= 4 is 11.6 Å². The standard InChI is InChI=1S/C14H22N2O4/c15-14(19)6-4-2-1-3-5-9-16(20)11-7-8-12(17)13(18)10-11/h7-8,10,17-18,20H,1-6,9H2,(H2,15,19)/p-1. The third kappa shape index (κ3) is 5.79. The van der Waals surface area contributed by atoms with Gasteiger partial charge in [-0.15, -0.1) is 0 Å². The largest absolute Gasteiger partial charge is 0.870 e. The van der Waals surface area contributed by atoms with E-state index in [0.717, 1.165) is 37.2 Å². The van der Waals surface area contributed by atoms with Crippen LogP contribution in [0.1, 0.15) is 38.5 Å². The molecule has 20 heavy (non-hydrogen) atoms. The Morgan fingerprint density at radius 3 is 2.50 bits per heavy atom. The molecule has 0 aromatic heterocycles. The van der Waals surface area contributed by atoms with E-state index in [4.69, 9.17) is 5.73 Å². The third-order valence-corrected chi connectivity index (χ3v) is 3.03. The molecular formula is C14H21N2O4-. The van der Waals surface area contributed by atoms with E-state index in [9.17, 15) is 20.2 Å². The predicted molar refractivity (Wildman–Crippen MR) is 73.6 cm³/mol. The number of phenols is 1. The molecule has 0 fully saturated rings. The molecule has 1 amide bonds. The summed E-state index contributed by atoms with van der Waals surface area (Å²) in [6.07, 6.45) is 4.87. The first-order valence-electron chi connectivity index (χ1n) is 6.75. The Balaban J connectivity index is 2.18. The van der Waals surface area contributed by atoms with E-state index in [1.807, 2.05) is 0 Å². The maximum atomic E-state index is 11.0. The summed E-state index contributed by atoms with van der Waals surface area (Å²) in [5.41, 5.74) is 5.44. The summed E-state index contributed by atoms with van der Waals surface area (Å²) in [7, 11) is 0. The van der Waals surface area contributed by atoms with Crippen LogP contribution in [-0.4, -0.2) is 22.8 Å². The van der Waals surface area contributed by atoms with E-state index in [1.54, 1.807) is 0 Å². The van der Waals surface area contributed by atoms with Gasteiger partial charge in [-0.05, 0) is 18.9 Å². The van der Waals surface area contributed by atoms with E-state index in [-0.39, 0.29) is 11.7 Å². The van der Waals surface area contributed by atoms with Gasteiger partial charge in [-0.1, -0.05) is 31.1 Å². The van der Waals surface area contributed by atoms with Gasteiger partial charge in [-0.2, -0.15) is 0 Å². The molecule has 0 atom stereocenters. The average molecular weight is 281 g/mol. The topological polar surface area (TPSA) is 110 Å². The van der Waals surface area contributed by atoms with Crippen LogP contribution in [0.5, 0.6) is 11.5 Å². The minimum absolute atomic E-state index is 0.270. The first-order chi connectivity index (χ1) is 9.50. The lowest BCUT2D eigenvalue weighted by Gasteiger charge is -2.18. The SMILES string of the molecule is NC(=O)CCCCCCCN(O)c1ccc([O-])c(O)c1. The summed E-state index contributed by atoms with van der Waals surface area (Å²) in [4.78, 5) is 10.5. The lowest BCUT2D eigenvalue weighted by Crippen LogP contribution is -2.19. The Hall–Kier alpha value is -1.95. The first-order valence-corrected chi connectivity index (χ1v) is 6.75. The zero-order valence-corrected chi connectivity index (χ0v) is 11.4. The summed E-state index contributed by atoms with van der Waals surface area (Å²) in [6.45, 7) is 0.424. The average Bonchev–Trinajstić information content (AvgIpc) is 2.40. The van der Waals surface area contributed by atoms with E-state index < -0.39 is 5.75 Å². The predicted octanol–water partition coefficient (Wildman–Crippen LogP) is 1.49. The highest BCUT2D eigenvalue weighted by Gasteiger charge is 2.04. The number of hydroxylamine groups is 1. The van der Waals surface area contributed by atoms with Crippen molar-refractivity contribution in [1.29, 1.82) is 0 Å². The Bertz CT molecular complexity index is 437. The van der Waals surface area contributed by atoms with Gasteiger partial charge in [0.05, 0.1) is 5.69 Å². The number of rotatable bonds is 9. The second kappa shape index (κ2) is 8.27. The lowest BCUT2D eigenvalue weighted by atomic mass is 10.1. The Morgan fingerprint density at radius 2 is 1.85 bits per heavy atom. The van der Waals surface area contributed by atoms with E-state index in [2.05, 4.69) is 0 Å². The maximum absolute atomic E-state index is 11.0. The molecule has 0 saturated heterocycles. The van der Waals surface area contributed by atoms with Crippen molar-refractivity contribution < 1.29 is 20.2 Å². The molecule has 0 unspecified atom stereocenters. The number of primary amides is 1. The summed E-state index contributed by atoms with van der Waals surface area (Å²) in [5.74, 6) is -1.10. The van der Waals surface area contributed by atoms with Crippen molar-refractivity contribution in [3.63, 3.8) is 0 Å². The van der Waals surface area contributed by atoms with Crippen LogP contribution < -0.4 is 15.9 Å². The van der Waals surface area contributed by atoms with Gasteiger partial charge < -0.3 is 15.9 Å². The number of nitrogens with zero attached hydrogens (tertiary/aromatic N) is 1. The Labute approximate surface area is 118 Å². The fraction of sp³-hybridized carbons (Fsp3) is 0.500. The van der Waals surface area contributed by atoms with Gasteiger partial charge in [-0.25, -0.2) is 0 Å². The number of carbonyl (C=O) groups excluding carboxylic acids is 1. The summed E-state index contributed by atoms with van der Waals surface area (Å²) < 4.78 is 0. The number of phenolic OH excluding ortho intramolecular Hbond substituents is 1. The highest BCUT2D eigenvalue weighted by molar-refractivity contribution is 5.73. The van der Waals surface area contributed by atoms with Crippen molar-refractivity contribution in [2.24, 2.45) is 5.73 Å². The van der Waals surface area contributed by atoms with Crippen LogP contribution in [0.3, 0.4) is 0 Å². The molecule has 4 N–H and O–H groups in total. The fourth-order valence-corrected chi connectivity index (χ4v) is 1.89. The van der Waals surface area contributed by atoms with Crippen LogP contribution in [0.15, 0.2) is 18.2 Å². The highest BCUT2D eigenvalue weighted by atomic mass is 16.5. The van der Waals surface area contributed by atoms with Crippen LogP contribution in [0.25, 0.3) is 0 Å². The van der Waals surface area contributed by atoms with Gasteiger partial charge in [-0.3, -0.25) is 15.1 Å². The molecule has 0 aliphatic rings. The zero-order valence-electron chi connectivity index (χ0n) is 11.4. The van der Waals surface area contributed by atoms with Crippen LogP contribution in [-0.2, 0) is 4.79 Å². The number of hydrogen-bond donors (Lipinski definition) is 3. The van der Waals surface area contributed by atoms with E-state index >= 15 is 0 Å². The maximum Gasteiger partial charge on any atom is 0.217 e. The van der Waals surface area contributed by atoms with Crippen LogP contribution in [0, 0.1) is 0 Å². The Kier molecular flexibility index (Phi) is 6.66. The van der Waals surface area contributed by atoms with Gasteiger partial charge in [0.2, 0.25) is 5.91 Å². The smallest absolute Gasteiger partial charge is 0.217 e. The molecular weight excluding hydrogens is 260 g/mol. The second-order valence-corrected chi connectivity index (χ2v) is 4.76. The number of aromatic hydroxyl groups is 1. The van der Waals surface area contributed by atoms with Gasteiger partial charge in [0.1, 0.15) is 5.75 Å². The molecule has 0 aliphatic heterocycles. The van der Waals surface area contributed by atoms with Crippen LogP contribution in [0.4, 0.5) is 5.69 Å². The number of benzene rings is 1. The lowest BCUT2D eigenvalue weighted by molar-refractivity contribution is -0.270. The molecule has 0 radical (unpaired) electrons. The molecule has 0 spiro atoms. The molecule has 0 heterocycles. The molecule has 1 aromatic rings. The molecule has 6 heteroatoms. The molecule has 0 saturated carbocycles. The summed E-state index contributed by atoms with van der Waals surface area (Å²) >= 11 is 0. The van der Waals surface area contributed by atoms with Gasteiger partial charge in [0.15, 0.2) is 0 Å². The molecule has 112 valence electrons. The van der Waals surface area contributed by atoms with Crippen molar-refractivity contribution in [3.05, 3.63) is 18.2 Å². The van der Waals surface area contributed by atoms with E-state index in [0.29, 0.717) is 18.7 Å². The van der Waals surface area contributed by atoms with Crippen LogP contribution in [0.2, 0.25) is 0 Å². The quantitative estimate of drug-likeness (QED) is 0.469. The normalized spacial score (nSPS) is 10.4. The summed E-state index contributed by atoms with van der Waals surface area (Å²) in [6, 6.07) is 3.93.